The van der Waals surface area contributed by atoms with E-state index in [1.54, 1.807) is 0 Å². The van der Waals surface area contributed by atoms with Gasteiger partial charge in [0.25, 0.3) is 0 Å². The molecule has 2 aromatic rings. The van der Waals surface area contributed by atoms with Gasteiger partial charge in [0.15, 0.2) is 5.57 Å². The van der Waals surface area contributed by atoms with Crippen LogP contribution in [-0.2, 0) is 18.5 Å². The molecule has 5 heteroatoms. The summed E-state index contributed by atoms with van der Waals surface area (Å²) in [7, 11) is 0. The van der Waals surface area contributed by atoms with Crippen molar-refractivity contribution in [2.75, 3.05) is 0 Å². The van der Waals surface area contributed by atoms with Gasteiger partial charge in [0, 0.05) is 24.7 Å². The number of hydrogen-bond donors (Lipinski definition) is 0. The second kappa shape index (κ2) is 6.11. The number of thiazole rings is 1. The lowest BCUT2D eigenvalue weighted by Crippen LogP contribution is -2.23. The van der Waals surface area contributed by atoms with Crippen molar-refractivity contribution in [1.29, 1.82) is 10.5 Å². The van der Waals surface area contributed by atoms with Crippen LogP contribution in [0.3, 0.4) is 0 Å². The lowest BCUT2D eigenvalue weighted by atomic mass is 9.92. The molecular formula is C19H18N4S. The van der Waals surface area contributed by atoms with E-state index in [0.717, 1.165) is 23.3 Å². The Balaban J connectivity index is 2.10. The fraction of sp³-hybridized carbons (Fsp3) is 0.316. The van der Waals surface area contributed by atoms with E-state index in [2.05, 4.69) is 61.1 Å². The largest absolute Gasteiger partial charge is 0.367 e. The Morgan fingerprint density at radius 2 is 1.75 bits per heavy atom. The van der Waals surface area contributed by atoms with E-state index in [-0.39, 0.29) is 11.0 Å². The summed E-state index contributed by atoms with van der Waals surface area (Å²) in [5.41, 5.74) is 3.55. The molecule has 1 aliphatic heterocycles. The zero-order chi connectivity index (χ0) is 17.3. The SMILES string of the molecule is CC(C)(C)c1nc(=C(C#N)C#N)s/c1=C/N1Cc2ccccc2C1. The van der Waals surface area contributed by atoms with Crippen LogP contribution in [0, 0.1) is 22.7 Å². The number of aromatic nitrogens is 1. The molecule has 0 aliphatic carbocycles. The fourth-order valence-electron chi connectivity index (χ4n) is 2.80. The van der Waals surface area contributed by atoms with Gasteiger partial charge in [-0.3, -0.25) is 0 Å². The first-order valence-electron chi connectivity index (χ1n) is 7.77. The fourth-order valence-corrected chi connectivity index (χ4v) is 3.99. The normalized spacial score (nSPS) is 14.2. The van der Waals surface area contributed by atoms with Crippen LogP contribution in [0.5, 0.6) is 0 Å². The van der Waals surface area contributed by atoms with Gasteiger partial charge in [-0.05, 0) is 11.1 Å². The highest BCUT2D eigenvalue weighted by Crippen LogP contribution is 2.23. The van der Waals surface area contributed by atoms with E-state index in [9.17, 15) is 0 Å². The minimum absolute atomic E-state index is 0.0786. The Morgan fingerprint density at radius 3 is 2.25 bits per heavy atom. The topological polar surface area (TPSA) is 63.7 Å². The Morgan fingerprint density at radius 1 is 1.17 bits per heavy atom. The van der Waals surface area contributed by atoms with E-state index in [1.807, 2.05) is 12.1 Å². The van der Waals surface area contributed by atoms with Gasteiger partial charge in [0.2, 0.25) is 0 Å². The van der Waals surface area contributed by atoms with Crippen molar-refractivity contribution < 1.29 is 0 Å². The van der Waals surface area contributed by atoms with Gasteiger partial charge in [-0.25, -0.2) is 4.98 Å². The summed E-state index contributed by atoms with van der Waals surface area (Å²) in [6, 6.07) is 12.3. The summed E-state index contributed by atoms with van der Waals surface area (Å²) in [6.07, 6.45) is 2.12. The molecule has 120 valence electrons. The molecule has 3 rings (SSSR count). The average Bonchev–Trinajstić information content (AvgIpc) is 3.12. The van der Waals surface area contributed by atoms with Gasteiger partial charge in [0.1, 0.15) is 16.8 Å². The zero-order valence-electron chi connectivity index (χ0n) is 14.0. The molecule has 4 nitrogen and oxygen atoms in total. The number of nitriles is 2. The Hall–Kier alpha value is -2.63. The molecule has 1 aromatic carbocycles. The summed E-state index contributed by atoms with van der Waals surface area (Å²) in [6.45, 7) is 8.04. The first-order valence-corrected chi connectivity index (χ1v) is 8.58. The van der Waals surface area contributed by atoms with Crippen LogP contribution in [-0.4, -0.2) is 9.88 Å². The monoisotopic (exact) mass is 334 g/mol. The molecule has 0 unspecified atom stereocenters. The molecular weight excluding hydrogens is 316 g/mol. The lowest BCUT2D eigenvalue weighted by Gasteiger charge is -2.16. The molecule has 0 fully saturated rings. The molecule has 0 N–H and O–H groups in total. The van der Waals surface area contributed by atoms with Crippen LogP contribution in [0.2, 0.25) is 0 Å². The Kier molecular flexibility index (Phi) is 4.13. The minimum Gasteiger partial charge on any atom is -0.367 e. The quantitative estimate of drug-likeness (QED) is 0.803. The van der Waals surface area contributed by atoms with Crippen molar-refractivity contribution in [1.82, 2.24) is 9.88 Å². The number of fused-ring (bicyclic) bond motifs is 1. The van der Waals surface area contributed by atoms with Gasteiger partial charge >= 0.3 is 0 Å². The Bertz CT molecular complexity index is 939. The third-order valence-electron chi connectivity index (χ3n) is 3.97. The molecule has 0 amide bonds. The standard InChI is InChI=1S/C19H18N4S/c1-19(2,3)17-16(24-18(22-17)15(8-20)9-21)12-23-10-13-6-4-5-7-14(13)11-23/h4-7,12H,10-11H2,1-3H3/b16-12+. The molecule has 0 saturated carbocycles. The molecule has 1 aromatic heterocycles. The van der Waals surface area contributed by atoms with Crippen molar-refractivity contribution in [3.8, 4) is 12.1 Å². The van der Waals surface area contributed by atoms with Crippen LogP contribution in [0.4, 0.5) is 0 Å². The van der Waals surface area contributed by atoms with Crippen molar-refractivity contribution in [3.63, 3.8) is 0 Å². The van der Waals surface area contributed by atoms with E-state index in [4.69, 9.17) is 10.5 Å². The molecule has 0 atom stereocenters. The molecule has 1 aliphatic rings. The summed E-state index contributed by atoms with van der Waals surface area (Å²) >= 11 is 1.42. The van der Waals surface area contributed by atoms with Gasteiger partial charge in [0.05, 0.1) is 10.2 Å². The van der Waals surface area contributed by atoms with Gasteiger partial charge in [-0.2, -0.15) is 10.5 Å². The summed E-state index contributed by atoms with van der Waals surface area (Å²) in [4.78, 5) is 6.85. The van der Waals surface area contributed by atoms with Crippen LogP contribution < -0.4 is 9.20 Å². The van der Waals surface area contributed by atoms with Crippen molar-refractivity contribution in [3.05, 3.63) is 50.3 Å². The first kappa shape index (κ1) is 16.2. The summed E-state index contributed by atoms with van der Waals surface area (Å²) in [5.74, 6) is 0. The second-order valence-corrected chi connectivity index (χ2v) is 7.91. The number of benzene rings is 1. The van der Waals surface area contributed by atoms with E-state index in [1.165, 1.54) is 22.5 Å². The van der Waals surface area contributed by atoms with E-state index < -0.39 is 0 Å². The Labute approximate surface area is 145 Å². The number of hydrogen-bond acceptors (Lipinski definition) is 5. The smallest absolute Gasteiger partial charge is 0.165 e. The second-order valence-electron chi connectivity index (χ2n) is 6.88. The zero-order valence-corrected chi connectivity index (χ0v) is 14.8. The highest BCUT2D eigenvalue weighted by molar-refractivity contribution is 7.07. The first-order chi connectivity index (χ1) is 11.4. The molecule has 0 spiro atoms. The average molecular weight is 334 g/mol. The maximum Gasteiger partial charge on any atom is 0.165 e. The summed E-state index contributed by atoms with van der Waals surface area (Å²) in [5, 5.41) is 18.2. The lowest BCUT2D eigenvalue weighted by molar-refractivity contribution is 0.438. The van der Waals surface area contributed by atoms with Gasteiger partial charge in [-0.15, -0.1) is 11.3 Å². The van der Waals surface area contributed by atoms with Gasteiger partial charge < -0.3 is 4.90 Å². The van der Waals surface area contributed by atoms with Gasteiger partial charge in [-0.1, -0.05) is 45.0 Å². The van der Waals surface area contributed by atoms with Crippen molar-refractivity contribution in [2.45, 2.75) is 39.3 Å². The maximum atomic E-state index is 9.12. The summed E-state index contributed by atoms with van der Waals surface area (Å²) < 4.78 is 1.53. The third-order valence-corrected chi connectivity index (χ3v) is 4.97. The minimum atomic E-state index is -0.150. The highest BCUT2D eigenvalue weighted by atomic mass is 32.1. The van der Waals surface area contributed by atoms with Crippen LogP contribution in [0.15, 0.2) is 24.3 Å². The van der Waals surface area contributed by atoms with E-state index >= 15 is 0 Å². The van der Waals surface area contributed by atoms with Crippen LogP contribution in [0.25, 0.3) is 11.8 Å². The molecule has 0 radical (unpaired) electrons. The molecule has 24 heavy (non-hydrogen) atoms. The predicted molar refractivity (Wildman–Crippen MR) is 94.9 cm³/mol. The van der Waals surface area contributed by atoms with Crippen molar-refractivity contribution >= 4 is 23.1 Å². The van der Waals surface area contributed by atoms with Crippen LogP contribution in [0.1, 0.15) is 37.6 Å². The number of nitrogens with zero attached hydrogens (tertiary/aromatic N) is 4. The molecule has 0 bridgehead atoms. The van der Waals surface area contributed by atoms with Crippen LogP contribution >= 0.6 is 11.3 Å². The molecule has 0 saturated heterocycles. The van der Waals surface area contributed by atoms with E-state index in [0.29, 0.717) is 4.66 Å². The molecule has 2 heterocycles. The third kappa shape index (κ3) is 3.04. The number of rotatable bonds is 1. The maximum absolute atomic E-state index is 9.12. The predicted octanol–water partition coefficient (Wildman–Crippen LogP) is 2.39. The highest BCUT2D eigenvalue weighted by Gasteiger charge is 2.21. The van der Waals surface area contributed by atoms with Crippen molar-refractivity contribution in [2.24, 2.45) is 0 Å².